The quantitative estimate of drug-likeness (QED) is 0.504. The average Bonchev–Trinajstić information content (AvgIpc) is 1.65. The zero-order valence-electron chi connectivity index (χ0n) is 4.22. The molecule has 0 rings (SSSR count). The molecule has 0 aromatic heterocycles. The molecule has 7 heavy (non-hydrogen) atoms. The van der Waals surface area contributed by atoms with Gasteiger partial charge < -0.3 is 4.74 Å². The predicted octanol–water partition coefficient (Wildman–Crippen LogP) is 0.928. The second-order valence-corrected chi connectivity index (χ2v) is 2.99. The number of nitrogens with one attached hydrogen (secondary N) is 1. The van der Waals surface area contributed by atoms with E-state index in [1.165, 1.54) is 7.11 Å². The van der Waals surface area contributed by atoms with Gasteiger partial charge in [-0.05, 0) is 22.9 Å². The van der Waals surface area contributed by atoms with Crippen molar-refractivity contribution in [3.63, 3.8) is 0 Å². The molecule has 1 N–H and O–H groups in total. The summed E-state index contributed by atoms with van der Waals surface area (Å²) < 4.78 is 11.9. The van der Waals surface area contributed by atoms with Gasteiger partial charge in [0.2, 0.25) is 4.38 Å². The van der Waals surface area contributed by atoms with E-state index in [2.05, 4.69) is 17.0 Å². The molecule has 1 atom stereocenters. The zero-order chi connectivity index (χ0) is 5.86. The van der Waals surface area contributed by atoms with Crippen LogP contribution in [0.25, 0.3) is 0 Å². The fourth-order valence-electron chi connectivity index (χ4n) is 0.125. The molecule has 0 saturated heterocycles. The van der Waals surface area contributed by atoms with E-state index in [0.29, 0.717) is 4.38 Å². The average molecular weight is 137 g/mol. The zero-order valence-corrected chi connectivity index (χ0v) is 5.86. The van der Waals surface area contributed by atoms with Crippen molar-refractivity contribution in [3.05, 3.63) is 0 Å². The monoisotopic (exact) mass is 137 g/mol. The van der Waals surface area contributed by atoms with Crippen molar-refractivity contribution in [2.24, 2.45) is 0 Å². The van der Waals surface area contributed by atoms with Crippen LogP contribution in [0.5, 0.6) is 0 Å². The lowest BCUT2D eigenvalue weighted by Gasteiger charge is -1.95. The van der Waals surface area contributed by atoms with Gasteiger partial charge in [0.1, 0.15) is 0 Å². The van der Waals surface area contributed by atoms with Gasteiger partial charge in [-0.3, -0.25) is 4.78 Å². The van der Waals surface area contributed by atoms with Crippen molar-refractivity contribution < 1.29 is 4.74 Å². The van der Waals surface area contributed by atoms with Crippen LogP contribution < -0.4 is 0 Å². The van der Waals surface area contributed by atoms with Crippen LogP contribution in [-0.4, -0.2) is 17.7 Å². The Kier molecular flexibility index (Phi) is 3.11. The Bertz CT molecular complexity index is 101. The molecule has 0 amide bonds. The summed E-state index contributed by atoms with van der Waals surface area (Å²) in [7, 11) is 0.885. The molecule has 0 aromatic rings. The van der Waals surface area contributed by atoms with Crippen molar-refractivity contribution in [2.45, 2.75) is 0 Å². The van der Waals surface area contributed by atoms with Crippen molar-refractivity contribution in [1.82, 2.24) is 0 Å². The molecule has 0 fully saturated rings. The third kappa shape index (κ3) is 2.70. The van der Waals surface area contributed by atoms with Gasteiger partial charge in [-0.15, -0.1) is 0 Å². The first-order valence-electron chi connectivity index (χ1n) is 1.63. The summed E-state index contributed by atoms with van der Waals surface area (Å²) in [6.45, 7) is 0. The largest absolute Gasteiger partial charge is 0.481 e. The molecule has 0 aromatic carbocycles. The van der Waals surface area contributed by atoms with Crippen LogP contribution in [0.4, 0.5) is 0 Å². The molecule has 4 heteroatoms. The molecule has 0 aliphatic carbocycles. The van der Waals surface area contributed by atoms with Crippen LogP contribution >= 0.6 is 12.2 Å². The molecule has 0 spiro atoms. The van der Waals surface area contributed by atoms with E-state index in [1.54, 1.807) is 6.26 Å². The molecule has 0 aliphatic heterocycles. The number of hydrogen-bond acceptors (Lipinski definition) is 3. The molecule has 0 aliphatic rings. The van der Waals surface area contributed by atoms with E-state index in [4.69, 9.17) is 4.78 Å². The highest BCUT2D eigenvalue weighted by Gasteiger charge is 1.90. The third-order valence-electron chi connectivity index (χ3n) is 0.417. The minimum Gasteiger partial charge on any atom is -0.481 e. The van der Waals surface area contributed by atoms with Gasteiger partial charge in [-0.1, -0.05) is 0 Å². The van der Waals surface area contributed by atoms with Gasteiger partial charge in [-0.2, -0.15) is 0 Å². The fourth-order valence-corrected chi connectivity index (χ4v) is 0.375. The van der Waals surface area contributed by atoms with Crippen LogP contribution in [-0.2, 0) is 15.4 Å². The number of ether oxygens (including phenoxy) is 1. The lowest BCUT2D eigenvalue weighted by molar-refractivity contribution is 0.426. The summed E-state index contributed by atoms with van der Waals surface area (Å²) in [4.78, 5) is 0. The van der Waals surface area contributed by atoms with E-state index in [-0.39, 0.29) is 0 Å². The summed E-state index contributed by atoms with van der Waals surface area (Å²) in [6, 6.07) is 0. The first kappa shape index (κ1) is 7.04. The Labute approximate surface area is 50.8 Å². The van der Waals surface area contributed by atoms with Crippen LogP contribution in [0.1, 0.15) is 0 Å². The third-order valence-corrected chi connectivity index (χ3v) is 2.00. The molecular weight excluding hydrogens is 130 g/mol. The Morgan fingerprint density at radius 3 is 2.29 bits per heavy atom. The number of hydrogen-bond donors (Lipinski definition) is 1. The summed E-state index contributed by atoms with van der Waals surface area (Å²) >= 11 is 4.58. The van der Waals surface area contributed by atoms with Crippen LogP contribution in [0.15, 0.2) is 0 Å². The van der Waals surface area contributed by atoms with Crippen molar-refractivity contribution in [3.8, 4) is 0 Å². The maximum atomic E-state index is 6.95. The van der Waals surface area contributed by atoms with Gasteiger partial charge >= 0.3 is 0 Å². The Morgan fingerprint density at radius 1 is 1.86 bits per heavy atom. The maximum absolute atomic E-state index is 6.95. The minimum atomic E-state index is -0.601. The van der Waals surface area contributed by atoms with Crippen molar-refractivity contribution >= 4 is 27.3 Å². The van der Waals surface area contributed by atoms with E-state index in [9.17, 15) is 0 Å². The molecule has 42 valence electrons. The Morgan fingerprint density at radius 2 is 2.29 bits per heavy atom. The normalized spacial score (nSPS) is 12.9. The highest BCUT2D eigenvalue weighted by Crippen LogP contribution is 1.83. The highest BCUT2D eigenvalue weighted by molar-refractivity contribution is 8.12. The SMILES string of the molecule is COC(=S)S(C)=N. The summed E-state index contributed by atoms with van der Waals surface area (Å²) in [5.74, 6) is 0. The smallest absolute Gasteiger partial charge is 0.230 e. The first-order valence-corrected chi connectivity index (χ1v) is 3.67. The first-order chi connectivity index (χ1) is 3.18. The second kappa shape index (κ2) is 3.10. The van der Waals surface area contributed by atoms with Gasteiger partial charge in [0.05, 0.1) is 7.11 Å². The van der Waals surface area contributed by atoms with E-state index < -0.39 is 10.7 Å². The van der Waals surface area contributed by atoms with E-state index in [0.717, 1.165) is 0 Å². The molecule has 0 saturated carbocycles. The Hall–Kier alpha value is 0.0400. The molecule has 0 heterocycles. The topological polar surface area (TPSA) is 33.1 Å². The summed E-state index contributed by atoms with van der Waals surface area (Å²) in [6.07, 6.45) is 1.70. The van der Waals surface area contributed by atoms with Gasteiger partial charge in [0, 0.05) is 6.26 Å². The minimum absolute atomic E-state index is 0.375. The maximum Gasteiger partial charge on any atom is 0.230 e. The van der Waals surface area contributed by atoms with Gasteiger partial charge in [0.25, 0.3) is 0 Å². The second-order valence-electron chi connectivity index (χ2n) is 0.964. The lowest BCUT2D eigenvalue weighted by atomic mass is 11.5. The lowest BCUT2D eigenvalue weighted by Crippen LogP contribution is -2.01. The summed E-state index contributed by atoms with van der Waals surface area (Å²) in [5, 5.41) is 0. The van der Waals surface area contributed by atoms with Crippen LogP contribution in [0, 0.1) is 4.78 Å². The van der Waals surface area contributed by atoms with Gasteiger partial charge in [-0.25, -0.2) is 0 Å². The Balaban J connectivity index is 3.58. The molecular formula is C3H7NOS2. The molecule has 2 nitrogen and oxygen atoms in total. The highest BCUT2D eigenvalue weighted by atomic mass is 32.2. The fraction of sp³-hybridized carbons (Fsp3) is 0.667. The van der Waals surface area contributed by atoms with Crippen molar-refractivity contribution in [1.29, 1.82) is 4.78 Å². The van der Waals surface area contributed by atoms with Crippen LogP contribution in [0.2, 0.25) is 0 Å². The molecule has 1 unspecified atom stereocenters. The predicted molar refractivity (Wildman–Crippen MR) is 35.6 cm³/mol. The summed E-state index contributed by atoms with van der Waals surface area (Å²) in [5.41, 5.74) is 0. The molecule has 0 bridgehead atoms. The van der Waals surface area contributed by atoms with Crippen LogP contribution in [0.3, 0.4) is 0 Å². The number of thiocarbonyl (C=S) groups is 1. The number of rotatable bonds is 0. The van der Waals surface area contributed by atoms with Crippen molar-refractivity contribution in [2.75, 3.05) is 13.4 Å². The van der Waals surface area contributed by atoms with E-state index in [1.807, 2.05) is 0 Å². The van der Waals surface area contributed by atoms with E-state index >= 15 is 0 Å². The number of methoxy groups -OCH3 is 1. The standard InChI is InChI=1S/C3H7NOS2/c1-5-3(6)7(2)4/h4H,1-2H3. The molecule has 0 radical (unpaired) electrons. The van der Waals surface area contributed by atoms with Gasteiger partial charge in [0.15, 0.2) is 0 Å².